The molecule has 2 aromatic carbocycles. The van der Waals surface area contributed by atoms with E-state index < -0.39 is 29.4 Å². The molecule has 0 aliphatic carbocycles. The van der Waals surface area contributed by atoms with Gasteiger partial charge in [0, 0.05) is 5.56 Å². The number of nitrogens with zero attached hydrogens (tertiary/aromatic N) is 2. The summed E-state index contributed by atoms with van der Waals surface area (Å²) in [4.78, 5) is 43.1. The maximum atomic E-state index is 14.2. The third-order valence-corrected chi connectivity index (χ3v) is 6.34. The number of fused-ring (bicyclic) bond motifs is 1. The highest BCUT2D eigenvalue weighted by Gasteiger charge is 2.33. The first-order valence-corrected chi connectivity index (χ1v) is 11.3. The molecule has 1 unspecified atom stereocenters. The smallest absolute Gasteiger partial charge is 0.338 e. The van der Waals surface area contributed by atoms with Crippen LogP contribution in [0, 0.1) is 5.82 Å². The van der Waals surface area contributed by atoms with Crippen LogP contribution in [-0.2, 0) is 14.3 Å². The predicted molar refractivity (Wildman–Crippen MR) is 125 cm³/mol. The molecule has 0 fully saturated rings. The molecule has 3 aromatic rings. The first-order valence-electron chi connectivity index (χ1n) is 10.5. The van der Waals surface area contributed by atoms with Crippen LogP contribution in [0.4, 0.5) is 4.39 Å². The van der Waals surface area contributed by atoms with Crippen molar-refractivity contribution < 1.29 is 23.5 Å². The second-order valence-electron chi connectivity index (χ2n) is 7.44. The van der Waals surface area contributed by atoms with Gasteiger partial charge in [-0.3, -0.25) is 9.36 Å². The predicted octanol–water partition coefficient (Wildman–Crippen LogP) is 2.72. The van der Waals surface area contributed by atoms with E-state index in [4.69, 9.17) is 9.47 Å². The van der Waals surface area contributed by atoms with Crippen molar-refractivity contribution in [2.24, 2.45) is 4.99 Å². The SMILES string of the molecule is CCOC(=O)C1=C(C)N=c2sc(=Cc3ccccc3F)c(=O)n2C1c1ccc(C(=O)OC)cc1. The number of carbonyl (C=O) groups is 2. The van der Waals surface area contributed by atoms with Gasteiger partial charge in [-0.15, -0.1) is 0 Å². The van der Waals surface area contributed by atoms with Crippen LogP contribution in [0.25, 0.3) is 6.08 Å². The van der Waals surface area contributed by atoms with Gasteiger partial charge in [0.2, 0.25) is 0 Å². The number of esters is 2. The second-order valence-corrected chi connectivity index (χ2v) is 8.45. The van der Waals surface area contributed by atoms with Gasteiger partial charge in [-0.2, -0.15) is 0 Å². The summed E-state index contributed by atoms with van der Waals surface area (Å²) in [6.45, 7) is 3.52. The van der Waals surface area contributed by atoms with Crippen molar-refractivity contribution >= 4 is 29.4 Å². The zero-order chi connectivity index (χ0) is 24.4. The lowest BCUT2D eigenvalue weighted by Gasteiger charge is -2.24. The van der Waals surface area contributed by atoms with Crippen molar-refractivity contribution in [3.05, 3.63) is 102 Å². The Kier molecular flexibility index (Phi) is 6.56. The molecule has 4 rings (SSSR count). The summed E-state index contributed by atoms with van der Waals surface area (Å²) >= 11 is 1.11. The minimum atomic E-state index is -0.829. The number of benzene rings is 2. The maximum Gasteiger partial charge on any atom is 0.338 e. The van der Waals surface area contributed by atoms with Crippen LogP contribution in [0.3, 0.4) is 0 Å². The molecule has 1 aliphatic heterocycles. The first-order chi connectivity index (χ1) is 16.3. The lowest BCUT2D eigenvalue weighted by Crippen LogP contribution is -2.40. The van der Waals surface area contributed by atoms with Crippen LogP contribution >= 0.6 is 11.3 Å². The Morgan fingerprint density at radius 3 is 2.50 bits per heavy atom. The molecule has 0 spiro atoms. The lowest BCUT2D eigenvalue weighted by molar-refractivity contribution is -0.139. The largest absolute Gasteiger partial charge is 0.465 e. The van der Waals surface area contributed by atoms with Crippen molar-refractivity contribution in [2.75, 3.05) is 13.7 Å². The fourth-order valence-corrected chi connectivity index (χ4v) is 4.80. The van der Waals surface area contributed by atoms with E-state index in [-0.39, 0.29) is 22.3 Å². The molecule has 7 nitrogen and oxygen atoms in total. The molecule has 1 atom stereocenters. The Hall–Kier alpha value is -3.85. The number of aromatic nitrogens is 1. The van der Waals surface area contributed by atoms with E-state index in [1.54, 1.807) is 56.3 Å². The van der Waals surface area contributed by atoms with Crippen LogP contribution in [0.5, 0.6) is 0 Å². The van der Waals surface area contributed by atoms with Crippen molar-refractivity contribution in [3.8, 4) is 0 Å². The topological polar surface area (TPSA) is 87.0 Å². The average Bonchev–Trinajstić information content (AvgIpc) is 3.13. The van der Waals surface area contributed by atoms with Crippen LogP contribution in [0.2, 0.25) is 0 Å². The van der Waals surface area contributed by atoms with Gasteiger partial charge in [-0.25, -0.2) is 19.0 Å². The summed E-state index contributed by atoms with van der Waals surface area (Å²) in [5, 5.41) is 0. The Bertz CT molecular complexity index is 1480. The molecule has 9 heteroatoms. The highest BCUT2D eigenvalue weighted by atomic mass is 32.1. The number of ether oxygens (including phenoxy) is 2. The van der Waals surface area contributed by atoms with Crippen molar-refractivity contribution in [1.82, 2.24) is 4.57 Å². The third-order valence-electron chi connectivity index (χ3n) is 5.36. The van der Waals surface area contributed by atoms with Crippen LogP contribution in [0.1, 0.15) is 41.4 Å². The van der Waals surface area contributed by atoms with Gasteiger partial charge in [0.05, 0.1) is 41.1 Å². The Morgan fingerprint density at radius 2 is 1.85 bits per heavy atom. The summed E-state index contributed by atoms with van der Waals surface area (Å²) in [6, 6.07) is 11.8. The molecular weight excluding hydrogens is 459 g/mol. The fourth-order valence-electron chi connectivity index (χ4n) is 3.76. The fraction of sp³-hybridized carbons (Fsp3) is 0.200. The van der Waals surface area contributed by atoms with Gasteiger partial charge in [0.1, 0.15) is 5.82 Å². The summed E-state index contributed by atoms with van der Waals surface area (Å²) in [5.41, 5.74) is 1.41. The van der Waals surface area contributed by atoms with Gasteiger partial charge >= 0.3 is 11.9 Å². The monoisotopic (exact) mass is 480 g/mol. The molecule has 0 saturated carbocycles. The maximum absolute atomic E-state index is 14.2. The zero-order valence-corrected chi connectivity index (χ0v) is 19.5. The van der Waals surface area contributed by atoms with E-state index in [0.29, 0.717) is 21.6 Å². The van der Waals surface area contributed by atoms with Crippen LogP contribution in [0.15, 0.2) is 69.6 Å². The molecule has 174 valence electrons. The van der Waals surface area contributed by atoms with Crippen LogP contribution in [-0.4, -0.2) is 30.2 Å². The molecule has 0 N–H and O–H groups in total. The van der Waals surface area contributed by atoms with Crippen molar-refractivity contribution in [1.29, 1.82) is 0 Å². The van der Waals surface area contributed by atoms with E-state index in [2.05, 4.69) is 4.99 Å². The average molecular weight is 481 g/mol. The Balaban J connectivity index is 1.94. The number of rotatable bonds is 5. The molecule has 1 aliphatic rings. The van der Waals surface area contributed by atoms with E-state index in [1.165, 1.54) is 23.8 Å². The molecular formula is C25H21FN2O5S. The van der Waals surface area contributed by atoms with Gasteiger partial charge < -0.3 is 9.47 Å². The number of allylic oxidation sites excluding steroid dienone is 1. The van der Waals surface area contributed by atoms with Crippen LogP contribution < -0.4 is 14.9 Å². The quantitative estimate of drug-likeness (QED) is 0.524. The summed E-state index contributed by atoms with van der Waals surface area (Å²) in [5.74, 6) is -1.54. The number of halogens is 1. The molecule has 0 bridgehead atoms. The van der Waals surface area contributed by atoms with Gasteiger partial charge in [0.25, 0.3) is 5.56 Å². The summed E-state index contributed by atoms with van der Waals surface area (Å²) in [7, 11) is 1.29. The number of thiazole rings is 1. The lowest BCUT2D eigenvalue weighted by atomic mass is 9.95. The molecule has 0 saturated heterocycles. The molecule has 0 amide bonds. The minimum Gasteiger partial charge on any atom is -0.465 e. The molecule has 0 radical (unpaired) electrons. The molecule has 1 aromatic heterocycles. The van der Waals surface area contributed by atoms with E-state index in [9.17, 15) is 18.8 Å². The van der Waals surface area contributed by atoms with E-state index in [0.717, 1.165) is 11.3 Å². The van der Waals surface area contributed by atoms with E-state index in [1.807, 2.05) is 0 Å². The summed E-state index contributed by atoms with van der Waals surface area (Å²) in [6.07, 6.45) is 1.47. The number of hydrogen-bond donors (Lipinski definition) is 0. The first kappa shape index (κ1) is 23.3. The highest BCUT2D eigenvalue weighted by molar-refractivity contribution is 7.07. The Labute approximate surface area is 198 Å². The molecule has 2 heterocycles. The molecule has 34 heavy (non-hydrogen) atoms. The second kappa shape index (κ2) is 9.56. The van der Waals surface area contributed by atoms with Gasteiger partial charge in [0.15, 0.2) is 4.80 Å². The normalized spacial score (nSPS) is 15.5. The minimum absolute atomic E-state index is 0.154. The van der Waals surface area contributed by atoms with Crippen molar-refractivity contribution in [3.63, 3.8) is 0 Å². The third kappa shape index (κ3) is 4.22. The summed E-state index contributed by atoms with van der Waals surface area (Å²) < 4.78 is 25.9. The van der Waals surface area contributed by atoms with Gasteiger partial charge in [-0.1, -0.05) is 41.7 Å². The number of hydrogen-bond acceptors (Lipinski definition) is 7. The highest BCUT2D eigenvalue weighted by Crippen LogP contribution is 2.31. The van der Waals surface area contributed by atoms with E-state index >= 15 is 0 Å². The number of carbonyl (C=O) groups excluding carboxylic acids is 2. The zero-order valence-electron chi connectivity index (χ0n) is 18.7. The van der Waals surface area contributed by atoms with Gasteiger partial charge in [-0.05, 0) is 43.7 Å². The van der Waals surface area contributed by atoms with Crippen molar-refractivity contribution in [2.45, 2.75) is 19.9 Å². The standard InChI is InChI=1S/C25H21FN2O5S/c1-4-33-24(31)20-14(2)27-25-28(21(20)15-9-11-16(12-10-15)23(30)32-3)22(29)19(34-25)13-17-7-5-6-8-18(17)26/h5-13,21H,4H2,1-3H3. The number of methoxy groups -OCH3 is 1. The Morgan fingerprint density at radius 1 is 1.15 bits per heavy atom.